The van der Waals surface area contributed by atoms with Gasteiger partial charge in [-0.05, 0) is 18.6 Å². The number of fused-ring (bicyclic) bond motifs is 3. The maximum absolute atomic E-state index is 14.8. The fraction of sp³-hybridized carbons (Fsp3) is 0.190. The summed E-state index contributed by atoms with van der Waals surface area (Å²) in [6.45, 7) is 1.72. The van der Waals surface area contributed by atoms with Gasteiger partial charge in [0.25, 0.3) is 0 Å². The Morgan fingerprint density at radius 3 is 2.58 bits per heavy atom. The molecule has 0 atom stereocenters. The van der Waals surface area contributed by atoms with E-state index in [-0.39, 0.29) is 11.4 Å². The maximum atomic E-state index is 14.8. The highest BCUT2D eigenvalue weighted by Crippen LogP contribution is 2.35. The van der Waals surface area contributed by atoms with Crippen molar-refractivity contribution in [2.24, 2.45) is 14.1 Å². The lowest BCUT2D eigenvalue weighted by Gasteiger charge is -2.12. The molecular weight excluding hydrogens is 401 g/mol. The van der Waals surface area contributed by atoms with Gasteiger partial charge in [0, 0.05) is 37.3 Å². The van der Waals surface area contributed by atoms with Crippen molar-refractivity contribution in [3.8, 4) is 22.7 Å². The lowest BCUT2D eigenvalue weighted by Crippen LogP contribution is -2.22. The van der Waals surface area contributed by atoms with Gasteiger partial charge in [-0.3, -0.25) is 19.1 Å². The molecule has 4 aromatic heterocycles. The number of hydrogen-bond donors (Lipinski definition) is 0. The van der Waals surface area contributed by atoms with E-state index in [9.17, 15) is 9.18 Å². The van der Waals surface area contributed by atoms with Crippen molar-refractivity contribution in [3.63, 3.8) is 0 Å². The number of halogens is 1. The topological polar surface area (TPSA) is 92.7 Å². The van der Waals surface area contributed by atoms with Crippen molar-refractivity contribution < 1.29 is 9.13 Å². The van der Waals surface area contributed by atoms with Crippen molar-refractivity contribution in [1.29, 1.82) is 0 Å². The van der Waals surface area contributed by atoms with Crippen LogP contribution in [0.4, 0.5) is 4.39 Å². The third kappa shape index (κ3) is 2.71. The minimum Gasteiger partial charge on any atom is -0.496 e. The van der Waals surface area contributed by atoms with E-state index in [4.69, 9.17) is 4.74 Å². The Bertz CT molecular complexity index is 1530. The molecule has 0 aliphatic carbocycles. The summed E-state index contributed by atoms with van der Waals surface area (Å²) in [4.78, 5) is 23.0. The smallest absolute Gasteiger partial charge is 0.333 e. The molecule has 1 aromatic carbocycles. The van der Waals surface area contributed by atoms with E-state index in [0.29, 0.717) is 44.5 Å². The summed E-state index contributed by atoms with van der Waals surface area (Å²) in [6, 6.07) is 3.62. The number of aryl methyl sites for hydroxylation is 3. The van der Waals surface area contributed by atoms with Crippen LogP contribution in [0.2, 0.25) is 0 Å². The predicted octanol–water partition coefficient (Wildman–Crippen LogP) is 2.52. The molecule has 0 radical (unpaired) electrons. The molecule has 0 bridgehead atoms. The summed E-state index contributed by atoms with van der Waals surface area (Å²) in [5.74, 6) is -0.0156. The summed E-state index contributed by atoms with van der Waals surface area (Å²) in [7, 11) is 4.92. The zero-order chi connectivity index (χ0) is 21.9. The zero-order valence-electron chi connectivity index (χ0n) is 17.3. The van der Waals surface area contributed by atoms with Gasteiger partial charge in [0.15, 0.2) is 5.82 Å². The average molecular weight is 419 g/mol. The molecule has 0 aliphatic rings. The number of hydrogen-bond acceptors (Lipinski definition) is 6. The molecule has 0 spiro atoms. The van der Waals surface area contributed by atoms with Gasteiger partial charge < -0.3 is 4.74 Å². The second-order valence-corrected chi connectivity index (χ2v) is 7.24. The third-order valence-electron chi connectivity index (χ3n) is 5.36. The van der Waals surface area contributed by atoms with Crippen LogP contribution >= 0.6 is 0 Å². The van der Waals surface area contributed by atoms with Crippen molar-refractivity contribution in [2.45, 2.75) is 6.92 Å². The van der Waals surface area contributed by atoms with Crippen molar-refractivity contribution in [3.05, 3.63) is 58.8 Å². The molecule has 9 nitrogen and oxygen atoms in total. The minimum atomic E-state index is -0.581. The van der Waals surface area contributed by atoms with E-state index >= 15 is 0 Å². The number of rotatable bonds is 3. The SMILES string of the molecule is COc1cc2ncc3c(c2cc1-c1cnn(C)n1)n(-c1c(C)cncc1F)c(=O)n3C. The number of aromatic nitrogens is 7. The highest BCUT2D eigenvalue weighted by Gasteiger charge is 2.22. The molecule has 0 saturated heterocycles. The first-order chi connectivity index (χ1) is 14.9. The van der Waals surface area contributed by atoms with Crippen LogP contribution in [0.25, 0.3) is 38.9 Å². The molecule has 156 valence electrons. The van der Waals surface area contributed by atoms with Gasteiger partial charge in [-0.15, -0.1) is 0 Å². The first-order valence-electron chi connectivity index (χ1n) is 9.46. The van der Waals surface area contributed by atoms with E-state index in [1.54, 1.807) is 46.6 Å². The van der Waals surface area contributed by atoms with E-state index in [0.717, 1.165) is 6.20 Å². The minimum absolute atomic E-state index is 0.162. The average Bonchev–Trinajstić information content (AvgIpc) is 3.29. The molecule has 5 aromatic rings. The van der Waals surface area contributed by atoms with Crippen LogP contribution in [-0.2, 0) is 14.1 Å². The molecule has 10 heteroatoms. The standard InChI is InChI=1S/C21H18FN7O2/c1-11-7-23-8-14(22)19(11)29-20-13-5-12(16-9-25-28(3)26-16)18(31-4)6-15(13)24-10-17(20)27(2)21(29)30/h5-10H,1-4H3. The second-order valence-electron chi connectivity index (χ2n) is 7.24. The van der Waals surface area contributed by atoms with E-state index in [1.165, 1.54) is 20.1 Å². The molecule has 0 N–H and O–H groups in total. The number of ether oxygens (including phenoxy) is 1. The summed E-state index contributed by atoms with van der Waals surface area (Å²) >= 11 is 0. The fourth-order valence-corrected chi connectivity index (χ4v) is 3.88. The second kappa shape index (κ2) is 6.73. The monoisotopic (exact) mass is 419 g/mol. The van der Waals surface area contributed by atoms with Crippen LogP contribution in [0.3, 0.4) is 0 Å². The summed E-state index contributed by atoms with van der Waals surface area (Å²) in [5.41, 5.74) is 3.33. The number of pyridine rings is 2. The Hall–Kier alpha value is -4.08. The fourth-order valence-electron chi connectivity index (χ4n) is 3.88. The molecule has 31 heavy (non-hydrogen) atoms. The molecule has 5 rings (SSSR count). The zero-order valence-corrected chi connectivity index (χ0v) is 17.3. The first kappa shape index (κ1) is 18.9. The van der Waals surface area contributed by atoms with Gasteiger partial charge in [0.2, 0.25) is 0 Å². The Labute approximate surface area is 175 Å². The lowest BCUT2D eigenvalue weighted by molar-refractivity contribution is 0.417. The summed E-state index contributed by atoms with van der Waals surface area (Å²) in [6.07, 6.45) is 5.86. The third-order valence-corrected chi connectivity index (χ3v) is 5.36. The van der Waals surface area contributed by atoms with E-state index < -0.39 is 5.82 Å². The van der Waals surface area contributed by atoms with Crippen LogP contribution < -0.4 is 10.4 Å². The summed E-state index contributed by atoms with van der Waals surface area (Å²) < 4.78 is 23.2. The van der Waals surface area contributed by atoms with Crippen LogP contribution in [0, 0.1) is 12.7 Å². The van der Waals surface area contributed by atoms with Crippen LogP contribution in [0.15, 0.2) is 41.7 Å². The normalized spacial score (nSPS) is 11.5. The molecule has 0 amide bonds. The van der Waals surface area contributed by atoms with Gasteiger partial charge >= 0.3 is 5.69 Å². The number of nitrogens with zero attached hydrogens (tertiary/aromatic N) is 7. The van der Waals surface area contributed by atoms with Gasteiger partial charge in [0.05, 0.1) is 47.9 Å². The van der Waals surface area contributed by atoms with Gasteiger partial charge in [-0.2, -0.15) is 15.0 Å². The Morgan fingerprint density at radius 2 is 1.90 bits per heavy atom. The highest BCUT2D eigenvalue weighted by molar-refractivity contribution is 6.05. The van der Waals surface area contributed by atoms with Crippen LogP contribution in [0.5, 0.6) is 5.75 Å². The van der Waals surface area contributed by atoms with Gasteiger partial charge in [-0.1, -0.05) is 0 Å². The van der Waals surface area contributed by atoms with E-state index in [2.05, 4.69) is 20.2 Å². The Morgan fingerprint density at radius 1 is 1.10 bits per heavy atom. The van der Waals surface area contributed by atoms with Crippen molar-refractivity contribution >= 4 is 21.9 Å². The Kier molecular flexibility index (Phi) is 4.10. The molecule has 0 aliphatic heterocycles. The molecule has 0 unspecified atom stereocenters. The lowest BCUT2D eigenvalue weighted by atomic mass is 10.1. The van der Waals surface area contributed by atoms with Crippen molar-refractivity contribution in [1.82, 2.24) is 34.1 Å². The maximum Gasteiger partial charge on any atom is 0.333 e. The number of methoxy groups -OCH3 is 1. The largest absolute Gasteiger partial charge is 0.496 e. The van der Waals surface area contributed by atoms with Gasteiger partial charge in [-0.25, -0.2) is 9.18 Å². The van der Waals surface area contributed by atoms with Crippen LogP contribution in [0.1, 0.15) is 5.56 Å². The molecule has 0 fully saturated rings. The predicted molar refractivity (Wildman–Crippen MR) is 113 cm³/mol. The highest BCUT2D eigenvalue weighted by atomic mass is 19.1. The quantitative estimate of drug-likeness (QED) is 0.446. The number of imidazole rings is 1. The molecule has 4 heterocycles. The van der Waals surface area contributed by atoms with Crippen LogP contribution in [-0.4, -0.2) is 41.2 Å². The Balaban J connectivity index is 1.97. The van der Waals surface area contributed by atoms with Crippen molar-refractivity contribution in [2.75, 3.05) is 7.11 Å². The van der Waals surface area contributed by atoms with Gasteiger partial charge in [0.1, 0.15) is 11.4 Å². The summed E-state index contributed by atoms with van der Waals surface area (Å²) in [5, 5.41) is 9.17. The van der Waals surface area contributed by atoms with E-state index in [1.807, 2.05) is 6.07 Å². The first-order valence-corrected chi connectivity index (χ1v) is 9.46. The molecular formula is C21H18FN7O2. The number of benzene rings is 1. The molecule has 0 saturated carbocycles.